The van der Waals surface area contributed by atoms with Gasteiger partial charge in [-0.1, -0.05) is 38.2 Å². The van der Waals surface area contributed by atoms with E-state index in [2.05, 4.69) is 74.5 Å². The zero-order valence-corrected chi connectivity index (χ0v) is 16.1. The summed E-state index contributed by atoms with van der Waals surface area (Å²) < 4.78 is 0. The standard InChI is InChI=1S/C21H33N3O/c1-5-21(24-11-7-6-8-12-24)20(15-17(2)3)22-18(4)19-9-13-23(16-25)14-10-19/h5-8,11,15-19,22H,9-10,12-14H2,1-4H3/b20-15+,21-5+. The second-order valence-electron chi connectivity index (χ2n) is 7.33. The highest BCUT2D eigenvalue weighted by atomic mass is 16.1. The number of piperidine rings is 1. The van der Waals surface area contributed by atoms with E-state index in [-0.39, 0.29) is 0 Å². The molecule has 25 heavy (non-hydrogen) atoms. The smallest absolute Gasteiger partial charge is 0.209 e. The van der Waals surface area contributed by atoms with Crippen LogP contribution >= 0.6 is 0 Å². The summed E-state index contributed by atoms with van der Waals surface area (Å²) >= 11 is 0. The van der Waals surface area contributed by atoms with Gasteiger partial charge in [0.15, 0.2) is 0 Å². The first-order valence-electron chi connectivity index (χ1n) is 9.49. The molecule has 0 spiro atoms. The van der Waals surface area contributed by atoms with Gasteiger partial charge in [-0.25, -0.2) is 0 Å². The number of carbonyl (C=O) groups is 1. The van der Waals surface area contributed by atoms with Crippen molar-refractivity contribution in [2.45, 2.75) is 46.6 Å². The molecule has 1 atom stereocenters. The molecule has 1 saturated heterocycles. The molecule has 1 N–H and O–H groups in total. The van der Waals surface area contributed by atoms with E-state index in [1.165, 1.54) is 11.4 Å². The van der Waals surface area contributed by atoms with E-state index in [1.54, 1.807) is 0 Å². The van der Waals surface area contributed by atoms with Gasteiger partial charge in [-0.05, 0) is 44.6 Å². The predicted octanol–water partition coefficient (Wildman–Crippen LogP) is 3.66. The molecule has 0 aromatic rings. The van der Waals surface area contributed by atoms with E-state index < -0.39 is 0 Å². The van der Waals surface area contributed by atoms with Gasteiger partial charge in [0.2, 0.25) is 6.41 Å². The summed E-state index contributed by atoms with van der Waals surface area (Å²) in [6, 6.07) is 0.387. The molecular weight excluding hydrogens is 310 g/mol. The van der Waals surface area contributed by atoms with Gasteiger partial charge >= 0.3 is 0 Å². The number of hydrogen-bond donors (Lipinski definition) is 1. The Labute approximate surface area is 152 Å². The number of rotatable bonds is 7. The summed E-state index contributed by atoms with van der Waals surface area (Å²) in [4.78, 5) is 15.1. The van der Waals surface area contributed by atoms with E-state index >= 15 is 0 Å². The van der Waals surface area contributed by atoms with Gasteiger partial charge in [0.1, 0.15) is 0 Å². The van der Waals surface area contributed by atoms with Crippen molar-refractivity contribution in [3.05, 3.63) is 48.0 Å². The molecule has 2 rings (SSSR count). The van der Waals surface area contributed by atoms with Crippen molar-refractivity contribution in [2.24, 2.45) is 11.8 Å². The van der Waals surface area contributed by atoms with Crippen LogP contribution in [0, 0.1) is 11.8 Å². The average molecular weight is 344 g/mol. The van der Waals surface area contributed by atoms with Crippen molar-refractivity contribution in [3.63, 3.8) is 0 Å². The zero-order valence-electron chi connectivity index (χ0n) is 16.1. The summed E-state index contributed by atoms with van der Waals surface area (Å²) in [7, 11) is 0. The largest absolute Gasteiger partial charge is 0.381 e. The van der Waals surface area contributed by atoms with Crippen LogP contribution in [0.2, 0.25) is 0 Å². The fourth-order valence-electron chi connectivity index (χ4n) is 3.55. The molecule has 138 valence electrons. The van der Waals surface area contributed by atoms with Gasteiger partial charge in [0, 0.05) is 31.9 Å². The molecule has 2 heterocycles. The minimum atomic E-state index is 0.387. The number of carbonyl (C=O) groups excluding carboxylic acids is 1. The van der Waals surface area contributed by atoms with Crippen LogP contribution in [0.4, 0.5) is 0 Å². The van der Waals surface area contributed by atoms with Crippen LogP contribution in [0.3, 0.4) is 0 Å². The normalized spacial score (nSPS) is 21.0. The number of amides is 1. The van der Waals surface area contributed by atoms with Crippen LogP contribution in [-0.2, 0) is 4.79 Å². The Hall–Kier alpha value is -1.97. The predicted molar refractivity (Wildman–Crippen MR) is 105 cm³/mol. The fourth-order valence-corrected chi connectivity index (χ4v) is 3.55. The maximum Gasteiger partial charge on any atom is 0.209 e. The Morgan fingerprint density at radius 2 is 1.92 bits per heavy atom. The number of allylic oxidation sites excluding steroid dienone is 4. The molecule has 4 nitrogen and oxygen atoms in total. The fraction of sp³-hybridized carbons (Fsp3) is 0.571. The van der Waals surface area contributed by atoms with Crippen molar-refractivity contribution in [1.29, 1.82) is 0 Å². The van der Waals surface area contributed by atoms with E-state index in [1.807, 2.05) is 4.90 Å². The first-order valence-corrected chi connectivity index (χ1v) is 9.49. The van der Waals surface area contributed by atoms with Gasteiger partial charge in [0.05, 0.1) is 11.4 Å². The van der Waals surface area contributed by atoms with E-state index in [9.17, 15) is 4.79 Å². The van der Waals surface area contributed by atoms with Crippen LogP contribution in [0.25, 0.3) is 0 Å². The Morgan fingerprint density at radius 3 is 2.44 bits per heavy atom. The molecule has 0 aromatic heterocycles. The van der Waals surface area contributed by atoms with Crippen LogP contribution in [0.5, 0.6) is 0 Å². The molecule has 0 aromatic carbocycles. The third-order valence-corrected chi connectivity index (χ3v) is 4.99. The molecule has 1 fully saturated rings. The Balaban J connectivity index is 2.08. The summed E-state index contributed by atoms with van der Waals surface area (Å²) in [5.74, 6) is 1.08. The third kappa shape index (κ3) is 5.52. The lowest BCUT2D eigenvalue weighted by Gasteiger charge is -2.35. The quantitative estimate of drug-likeness (QED) is 0.566. The van der Waals surface area contributed by atoms with Crippen LogP contribution in [0.15, 0.2) is 48.0 Å². The highest BCUT2D eigenvalue weighted by molar-refractivity contribution is 5.47. The van der Waals surface area contributed by atoms with Crippen molar-refractivity contribution >= 4 is 6.41 Å². The molecule has 0 radical (unpaired) electrons. The van der Waals surface area contributed by atoms with Crippen LogP contribution in [0.1, 0.15) is 40.5 Å². The second kappa shape index (κ2) is 9.50. The van der Waals surface area contributed by atoms with Gasteiger partial charge in [-0.3, -0.25) is 4.79 Å². The van der Waals surface area contributed by atoms with Gasteiger partial charge in [-0.2, -0.15) is 0 Å². The highest BCUT2D eigenvalue weighted by Crippen LogP contribution is 2.24. The van der Waals surface area contributed by atoms with E-state index in [4.69, 9.17) is 0 Å². The lowest BCUT2D eigenvalue weighted by molar-refractivity contribution is -0.119. The third-order valence-electron chi connectivity index (χ3n) is 4.99. The molecule has 2 aliphatic heterocycles. The number of nitrogens with zero attached hydrogens (tertiary/aromatic N) is 2. The topological polar surface area (TPSA) is 35.6 Å². The number of likely N-dealkylation sites (tertiary alicyclic amines) is 1. The highest BCUT2D eigenvalue weighted by Gasteiger charge is 2.24. The summed E-state index contributed by atoms with van der Waals surface area (Å²) in [5, 5.41) is 3.79. The molecule has 2 aliphatic rings. The lowest BCUT2D eigenvalue weighted by Crippen LogP contribution is -2.42. The van der Waals surface area contributed by atoms with Crippen LogP contribution in [-0.4, -0.2) is 41.9 Å². The first-order chi connectivity index (χ1) is 12.0. The first kappa shape index (κ1) is 19.4. The summed E-state index contributed by atoms with van der Waals surface area (Å²) in [6.45, 7) is 11.5. The molecule has 0 saturated carbocycles. The molecule has 1 unspecified atom stereocenters. The minimum absolute atomic E-state index is 0.387. The number of hydrogen-bond acceptors (Lipinski definition) is 3. The van der Waals surface area contributed by atoms with Crippen molar-refractivity contribution in [1.82, 2.24) is 15.1 Å². The Bertz CT molecular complexity index is 551. The Kier molecular flexibility index (Phi) is 7.35. The second-order valence-corrected chi connectivity index (χ2v) is 7.33. The van der Waals surface area contributed by atoms with Crippen molar-refractivity contribution < 1.29 is 4.79 Å². The van der Waals surface area contributed by atoms with Gasteiger partial charge in [0.25, 0.3) is 0 Å². The maximum absolute atomic E-state index is 10.9. The molecule has 4 heteroatoms. The Morgan fingerprint density at radius 1 is 1.20 bits per heavy atom. The molecular formula is C21H33N3O. The monoisotopic (exact) mass is 343 g/mol. The van der Waals surface area contributed by atoms with Crippen molar-refractivity contribution in [2.75, 3.05) is 19.6 Å². The SMILES string of the molecule is C/C=C(\C(=C/C(C)C)NC(C)C1CCN(C=O)CC1)N1C=CC=CC1. The van der Waals surface area contributed by atoms with E-state index in [0.29, 0.717) is 17.9 Å². The van der Waals surface area contributed by atoms with Crippen LogP contribution < -0.4 is 5.32 Å². The van der Waals surface area contributed by atoms with Gasteiger partial charge in [-0.15, -0.1) is 0 Å². The molecule has 1 amide bonds. The van der Waals surface area contributed by atoms with Crippen molar-refractivity contribution in [3.8, 4) is 0 Å². The van der Waals surface area contributed by atoms with E-state index in [0.717, 1.165) is 38.9 Å². The molecule has 0 aliphatic carbocycles. The lowest BCUT2D eigenvalue weighted by atomic mass is 9.90. The minimum Gasteiger partial charge on any atom is -0.381 e. The zero-order chi connectivity index (χ0) is 18.2. The summed E-state index contributed by atoms with van der Waals surface area (Å²) in [5.41, 5.74) is 2.44. The maximum atomic E-state index is 10.9. The molecule has 0 bridgehead atoms. The number of nitrogens with one attached hydrogen (secondary N) is 1. The van der Waals surface area contributed by atoms with Gasteiger partial charge < -0.3 is 15.1 Å². The summed E-state index contributed by atoms with van der Waals surface area (Å²) in [6.07, 6.45) is 16.1. The average Bonchev–Trinajstić information content (AvgIpc) is 2.62.